The second-order valence-corrected chi connectivity index (χ2v) is 9.97. The summed E-state index contributed by atoms with van der Waals surface area (Å²) in [4.78, 5) is 57.6. The fraction of sp³-hybridized carbons (Fsp3) is 0.500. The average molecular weight is 592 g/mol. The molecular weight excluding hydrogens is 550 g/mol. The molecule has 226 valence electrons. The number of unbranched alkanes of at least 4 members (excludes halogenated alkanes) is 1. The summed E-state index contributed by atoms with van der Waals surface area (Å²) in [5, 5.41) is 18.1. The molecule has 0 bridgehead atoms. The van der Waals surface area contributed by atoms with Gasteiger partial charge in [0.25, 0.3) is 0 Å². The van der Waals surface area contributed by atoms with E-state index in [1.807, 2.05) is 24.3 Å². The lowest BCUT2D eigenvalue weighted by Gasteiger charge is -2.24. The maximum Gasteiger partial charge on any atom is 0.326 e. The number of thiol groups is 1. The smallest absolute Gasteiger partial charge is 0.326 e. The zero-order valence-electron chi connectivity index (χ0n) is 22.8. The van der Waals surface area contributed by atoms with Crippen molar-refractivity contribution in [3.05, 3.63) is 36.0 Å². The van der Waals surface area contributed by atoms with Gasteiger partial charge in [-0.3, -0.25) is 19.4 Å². The van der Waals surface area contributed by atoms with Crippen LogP contribution in [0.1, 0.15) is 37.7 Å². The van der Waals surface area contributed by atoms with Crippen molar-refractivity contribution in [2.75, 3.05) is 18.8 Å². The number of aromatic nitrogens is 1. The molecule has 0 aliphatic carbocycles. The van der Waals surface area contributed by atoms with E-state index < -0.39 is 47.9 Å². The van der Waals surface area contributed by atoms with Crippen LogP contribution in [0.15, 0.2) is 35.5 Å². The van der Waals surface area contributed by atoms with Gasteiger partial charge in [-0.05, 0) is 56.7 Å². The van der Waals surface area contributed by atoms with E-state index in [0.717, 1.165) is 16.5 Å². The van der Waals surface area contributed by atoms with E-state index in [2.05, 4.69) is 38.6 Å². The minimum atomic E-state index is -1.25. The molecule has 2 rings (SSSR count). The molecule has 0 aliphatic rings. The lowest BCUT2D eigenvalue weighted by Crippen LogP contribution is -2.57. The first-order valence-corrected chi connectivity index (χ1v) is 14.0. The van der Waals surface area contributed by atoms with Crippen LogP contribution in [0.4, 0.5) is 0 Å². The van der Waals surface area contributed by atoms with Crippen LogP contribution in [-0.2, 0) is 25.6 Å². The number of carbonyl (C=O) groups excluding carboxylic acids is 3. The monoisotopic (exact) mass is 591 g/mol. The lowest BCUT2D eigenvalue weighted by molar-refractivity contribution is -0.142. The van der Waals surface area contributed by atoms with Crippen LogP contribution >= 0.6 is 12.6 Å². The predicted octanol–water partition coefficient (Wildman–Crippen LogP) is -1.31. The number of para-hydroxylation sites is 1. The number of fused-ring (bicyclic) bond motifs is 1. The number of nitrogens with one attached hydrogen (secondary N) is 4. The molecule has 4 unspecified atom stereocenters. The molecule has 15 heteroatoms. The minimum absolute atomic E-state index is 0.0666. The van der Waals surface area contributed by atoms with Gasteiger partial charge >= 0.3 is 5.97 Å². The van der Waals surface area contributed by atoms with Gasteiger partial charge in [0, 0.05) is 29.4 Å². The Hall–Kier alpha value is -3.82. The van der Waals surface area contributed by atoms with E-state index in [1.165, 1.54) is 0 Å². The van der Waals surface area contributed by atoms with Crippen molar-refractivity contribution in [3.63, 3.8) is 0 Å². The molecule has 3 amide bonds. The molecule has 1 aromatic carbocycles. The highest BCUT2D eigenvalue weighted by atomic mass is 32.1. The summed E-state index contributed by atoms with van der Waals surface area (Å²) in [7, 11) is 0. The number of hydrogen-bond acceptors (Lipinski definition) is 8. The van der Waals surface area contributed by atoms with Crippen molar-refractivity contribution in [2.24, 2.45) is 27.9 Å². The van der Waals surface area contributed by atoms with Gasteiger partial charge in [-0.15, -0.1) is 0 Å². The number of rotatable bonds is 18. The number of nitrogens with zero attached hydrogens (tertiary/aromatic N) is 1. The normalized spacial score (nSPS) is 13.9. The standard InChI is InChI=1S/C26H41N9O5S/c27-10-4-3-8-19(33-22(36)17(28)12-15-13-32-18-7-2-1-6-16(15)18)23(37)35-21(14-41)24(38)34-20(25(39)40)9-5-11-31-26(29)30/h1-2,6-7,13,17,19-21,32,41H,3-5,8-12,14,27-28H2,(H,33,36)(H,34,38)(H,35,37)(H,39,40)(H4,29,30,31). The first-order valence-electron chi connectivity index (χ1n) is 13.4. The number of nitrogens with two attached hydrogens (primary N) is 4. The maximum absolute atomic E-state index is 13.2. The van der Waals surface area contributed by atoms with Crippen LogP contribution in [0.25, 0.3) is 10.9 Å². The third-order valence-electron chi connectivity index (χ3n) is 6.41. The fourth-order valence-electron chi connectivity index (χ4n) is 4.17. The van der Waals surface area contributed by atoms with Crippen molar-refractivity contribution >= 4 is 53.2 Å². The molecule has 0 saturated heterocycles. The van der Waals surface area contributed by atoms with Crippen molar-refractivity contribution in [1.29, 1.82) is 0 Å². The Morgan fingerprint density at radius 3 is 2.22 bits per heavy atom. The molecule has 4 atom stereocenters. The predicted molar refractivity (Wildman–Crippen MR) is 160 cm³/mol. The first-order chi connectivity index (χ1) is 19.6. The Balaban J connectivity index is 2.03. The lowest BCUT2D eigenvalue weighted by atomic mass is 10.0. The van der Waals surface area contributed by atoms with Crippen LogP contribution in [0.5, 0.6) is 0 Å². The van der Waals surface area contributed by atoms with Crippen LogP contribution in [-0.4, -0.2) is 82.8 Å². The number of aliphatic carboxylic acids is 1. The molecule has 0 aliphatic heterocycles. The molecule has 41 heavy (non-hydrogen) atoms. The number of carboxylic acid groups (broad SMARTS) is 1. The van der Waals surface area contributed by atoms with E-state index in [0.29, 0.717) is 25.8 Å². The Kier molecular flexibility index (Phi) is 13.9. The van der Waals surface area contributed by atoms with Gasteiger partial charge in [-0.25, -0.2) is 4.79 Å². The van der Waals surface area contributed by atoms with Crippen molar-refractivity contribution in [2.45, 2.75) is 62.7 Å². The molecule has 0 saturated carbocycles. The van der Waals surface area contributed by atoms with Gasteiger partial charge in [0.05, 0.1) is 6.04 Å². The number of H-pyrrole nitrogens is 1. The molecule has 1 aromatic heterocycles. The fourth-order valence-corrected chi connectivity index (χ4v) is 4.43. The summed E-state index contributed by atoms with van der Waals surface area (Å²) in [5.41, 5.74) is 24.1. The van der Waals surface area contributed by atoms with Crippen LogP contribution in [0, 0.1) is 0 Å². The zero-order valence-corrected chi connectivity index (χ0v) is 23.7. The molecule has 0 radical (unpaired) electrons. The highest BCUT2D eigenvalue weighted by molar-refractivity contribution is 7.80. The van der Waals surface area contributed by atoms with Crippen molar-refractivity contribution in [1.82, 2.24) is 20.9 Å². The van der Waals surface area contributed by atoms with Gasteiger partial charge in [-0.2, -0.15) is 12.6 Å². The second kappa shape index (κ2) is 17.1. The summed E-state index contributed by atoms with van der Waals surface area (Å²) >= 11 is 4.15. The van der Waals surface area contributed by atoms with Gasteiger partial charge in [0.2, 0.25) is 17.7 Å². The highest BCUT2D eigenvalue weighted by Gasteiger charge is 2.29. The van der Waals surface area contributed by atoms with E-state index in [4.69, 9.17) is 22.9 Å². The van der Waals surface area contributed by atoms with E-state index in [1.54, 1.807) is 6.20 Å². The van der Waals surface area contributed by atoms with Crippen molar-refractivity contribution in [3.8, 4) is 0 Å². The summed E-state index contributed by atoms with van der Waals surface area (Å²) in [6.45, 7) is 0.602. The summed E-state index contributed by atoms with van der Waals surface area (Å²) in [6.07, 6.45) is 3.84. The molecular formula is C26H41N9O5S. The first kappa shape index (κ1) is 33.4. The number of aromatic amines is 1. The molecule has 0 fully saturated rings. The molecule has 14 nitrogen and oxygen atoms in total. The SMILES string of the molecule is NCCCCC(NC(=O)C(N)Cc1c[nH]c2ccccc12)C(=O)NC(CS)C(=O)NC(CCCN=C(N)N)C(=O)O. The van der Waals surface area contributed by atoms with Crippen LogP contribution in [0.2, 0.25) is 0 Å². The molecule has 2 aromatic rings. The minimum Gasteiger partial charge on any atom is -0.480 e. The third-order valence-corrected chi connectivity index (χ3v) is 6.77. The number of carbonyl (C=O) groups is 4. The number of amides is 3. The molecule has 13 N–H and O–H groups in total. The number of hydrogen-bond donors (Lipinski definition) is 10. The second-order valence-electron chi connectivity index (χ2n) is 9.61. The number of aliphatic imine (C=N–C) groups is 1. The van der Waals surface area contributed by atoms with Gasteiger partial charge < -0.3 is 49.0 Å². The van der Waals surface area contributed by atoms with Crippen LogP contribution < -0.4 is 38.9 Å². The van der Waals surface area contributed by atoms with Gasteiger partial charge in [-0.1, -0.05) is 18.2 Å². The van der Waals surface area contributed by atoms with E-state index in [9.17, 15) is 24.3 Å². The Morgan fingerprint density at radius 2 is 1.56 bits per heavy atom. The van der Waals surface area contributed by atoms with Crippen molar-refractivity contribution < 1.29 is 24.3 Å². The average Bonchev–Trinajstić information content (AvgIpc) is 3.34. The van der Waals surface area contributed by atoms with Gasteiger partial charge in [0.15, 0.2) is 5.96 Å². The zero-order chi connectivity index (χ0) is 30.4. The molecule has 1 heterocycles. The van der Waals surface area contributed by atoms with Crippen LogP contribution in [0.3, 0.4) is 0 Å². The van der Waals surface area contributed by atoms with E-state index in [-0.39, 0.29) is 37.5 Å². The quantitative estimate of drug-likeness (QED) is 0.0426. The third kappa shape index (κ3) is 10.9. The Labute approximate surface area is 243 Å². The maximum atomic E-state index is 13.2. The molecule has 0 spiro atoms. The number of guanidine groups is 1. The largest absolute Gasteiger partial charge is 0.480 e. The topological polar surface area (TPSA) is 257 Å². The summed E-state index contributed by atoms with van der Waals surface area (Å²) in [6, 6.07) is 3.33. The van der Waals surface area contributed by atoms with E-state index >= 15 is 0 Å². The summed E-state index contributed by atoms with van der Waals surface area (Å²) < 4.78 is 0. The number of carboxylic acids is 1. The Morgan fingerprint density at radius 1 is 0.927 bits per heavy atom. The number of benzene rings is 1. The summed E-state index contributed by atoms with van der Waals surface area (Å²) in [5.74, 6) is -3.35. The van der Waals surface area contributed by atoms with Gasteiger partial charge in [0.1, 0.15) is 18.1 Å². The Bertz CT molecular complexity index is 1200. The highest BCUT2D eigenvalue weighted by Crippen LogP contribution is 2.19.